The lowest BCUT2D eigenvalue weighted by Crippen LogP contribution is -2.10. The van der Waals surface area contributed by atoms with Gasteiger partial charge in [0.1, 0.15) is 5.82 Å². The number of aryl methyl sites for hydroxylation is 1. The van der Waals surface area contributed by atoms with Gasteiger partial charge in [0.05, 0.1) is 0 Å². The Hall–Kier alpha value is -0.890. The van der Waals surface area contributed by atoms with Gasteiger partial charge in [0.2, 0.25) is 0 Å². The Kier molecular flexibility index (Phi) is 3.06. The van der Waals surface area contributed by atoms with Crippen molar-refractivity contribution >= 4 is 0 Å². The van der Waals surface area contributed by atoms with Gasteiger partial charge >= 0.3 is 0 Å². The van der Waals surface area contributed by atoms with Gasteiger partial charge in [0.25, 0.3) is 0 Å². The van der Waals surface area contributed by atoms with E-state index in [-0.39, 0.29) is 11.9 Å². The molecule has 1 aromatic rings. The van der Waals surface area contributed by atoms with E-state index in [0.29, 0.717) is 5.56 Å². The minimum atomic E-state index is -0.144. The zero-order valence-electron chi connectivity index (χ0n) is 9.17. The highest BCUT2D eigenvalue weighted by molar-refractivity contribution is 5.25. The molecule has 0 amide bonds. The summed E-state index contributed by atoms with van der Waals surface area (Å²) in [5.74, 6) is 0.751. The molecule has 1 aliphatic carbocycles. The molecule has 2 rings (SSSR count). The van der Waals surface area contributed by atoms with Crippen LogP contribution in [0.3, 0.4) is 0 Å². The Morgan fingerprint density at radius 2 is 2.20 bits per heavy atom. The summed E-state index contributed by atoms with van der Waals surface area (Å²) in [6, 6.07) is 5.32. The molecule has 1 aromatic carbocycles. The summed E-state index contributed by atoms with van der Waals surface area (Å²) in [6.07, 6.45) is 4.88. The molecule has 0 aromatic heterocycles. The first-order valence-corrected chi connectivity index (χ1v) is 5.68. The lowest BCUT2D eigenvalue weighted by molar-refractivity contribution is 0.566. The molecule has 0 spiro atoms. The van der Waals surface area contributed by atoms with E-state index >= 15 is 0 Å². The van der Waals surface area contributed by atoms with Gasteiger partial charge in [0.15, 0.2) is 0 Å². The Morgan fingerprint density at radius 1 is 1.47 bits per heavy atom. The third kappa shape index (κ3) is 2.78. The molecule has 1 fully saturated rings. The number of hydrogen-bond donors (Lipinski definition) is 1. The first kappa shape index (κ1) is 10.6. The van der Waals surface area contributed by atoms with E-state index in [4.69, 9.17) is 5.73 Å². The van der Waals surface area contributed by atoms with Crippen molar-refractivity contribution in [3.8, 4) is 0 Å². The van der Waals surface area contributed by atoms with Crippen molar-refractivity contribution in [3.63, 3.8) is 0 Å². The molecule has 0 bridgehead atoms. The Labute approximate surface area is 90.5 Å². The highest BCUT2D eigenvalue weighted by Crippen LogP contribution is 2.35. The summed E-state index contributed by atoms with van der Waals surface area (Å²) < 4.78 is 13.3. The summed E-state index contributed by atoms with van der Waals surface area (Å²) in [5.41, 5.74) is 7.64. The molecule has 15 heavy (non-hydrogen) atoms. The lowest BCUT2D eigenvalue weighted by Gasteiger charge is -2.12. The molecule has 1 aliphatic rings. The van der Waals surface area contributed by atoms with Crippen LogP contribution in [0.2, 0.25) is 0 Å². The molecule has 0 saturated heterocycles. The second kappa shape index (κ2) is 4.31. The van der Waals surface area contributed by atoms with Crippen LogP contribution < -0.4 is 5.73 Å². The normalized spacial score (nSPS) is 17.8. The van der Waals surface area contributed by atoms with Gasteiger partial charge in [-0.2, -0.15) is 0 Å². The maximum atomic E-state index is 13.3. The predicted octanol–water partition coefficient (Wildman–Crippen LogP) is 3.32. The van der Waals surface area contributed by atoms with Gasteiger partial charge in [-0.25, -0.2) is 4.39 Å². The van der Waals surface area contributed by atoms with Gasteiger partial charge in [-0.3, -0.25) is 0 Å². The van der Waals surface area contributed by atoms with Crippen LogP contribution in [0.5, 0.6) is 0 Å². The van der Waals surface area contributed by atoms with Gasteiger partial charge in [-0.05, 0) is 42.9 Å². The van der Waals surface area contributed by atoms with Gasteiger partial charge in [-0.15, -0.1) is 0 Å². The number of hydrogen-bond acceptors (Lipinski definition) is 1. The highest BCUT2D eigenvalue weighted by atomic mass is 19.1. The van der Waals surface area contributed by atoms with Crippen LogP contribution in [-0.4, -0.2) is 0 Å². The van der Waals surface area contributed by atoms with Crippen LogP contribution in [-0.2, 0) is 0 Å². The number of nitrogens with two attached hydrogens (primary N) is 1. The fraction of sp³-hybridized carbons (Fsp3) is 0.538. The van der Waals surface area contributed by atoms with Crippen LogP contribution in [0.1, 0.15) is 42.9 Å². The maximum absolute atomic E-state index is 13.3. The third-order valence-corrected chi connectivity index (χ3v) is 3.21. The second-order valence-electron chi connectivity index (χ2n) is 4.64. The second-order valence-corrected chi connectivity index (χ2v) is 4.64. The molecular formula is C13H18FN. The van der Waals surface area contributed by atoms with Gasteiger partial charge in [0, 0.05) is 6.04 Å². The van der Waals surface area contributed by atoms with Crippen LogP contribution >= 0.6 is 0 Å². The van der Waals surface area contributed by atoms with Crippen LogP contribution in [0, 0.1) is 18.7 Å². The molecule has 82 valence electrons. The SMILES string of the molecule is Cc1ccc([C@@H](N)CCC2CC2)cc1F. The predicted molar refractivity (Wildman–Crippen MR) is 60.0 cm³/mol. The molecule has 1 saturated carbocycles. The monoisotopic (exact) mass is 207 g/mol. The van der Waals surface area contributed by atoms with Crippen LogP contribution in [0.25, 0.3) is 0 Å². The fourth-order valence-electron chi connectivity index (χ4n) is 1.83. The van der Waals surface area contributed by atoms with E-state index in [1.54, 1.807) is 13.0 Å². The minimum Gasteiger partial charge on any atom is -0.324 e. The molecule has 2 heteroatoms. The summed E-state index contributed by atoms with van der Waals surface area (Å²) in [7, 11) is 0. The average Bonchev–Trinajstić information content (AvgIpc) is 3.02. The third-order valence-electron chi connectivity index (χ3n) is 3.21. The molecular weight excluding hydrogens is 189 g/mol. The zero-order chi connectivity index (χ0) is 10.8. The molecule has 1 atom stereocenters. The topological polar surface area (TPSA) is 26.0 Å². The molecule has 2 N–H and O–H groups in total. The smallest absolute Gasteiger partial charge is 0.126 e. The Morgan fingerprint density at radius 3 is 2.80 bits per heavy atom. The van der Waals surface area contributed by atoms with Gasteiger partial charge < -0.3 is 5.73 Å². The molecule has 1 nitrogen and oxygen atoms in total. The first-order valence-electron chi connectivity index (χ1n) is 5.68. The number of rotatable bonds is 4. The summed E-state index contributed by atoms with van der Waals surface area (Å²) in [6.45, 7) is 1.77. The van der Waals surface area contributed by atoms with E-state index in [1.165, 1.54) is 19.3 Å². The number of benzene rings is 1. The molecule has 0 unspecified atom stereocenters. The summed E-state index contributed by atoms with van der Waals surface area (Å²) in [5, 5.41) is 0. The van der Waals surface area contributed by atoms with Crippen molar-refractivity contribution < 1.29 is 4.39 Å². The van der Waals surface area contributed by atoms with Crippen molar-refractivity contribution in [3.05, 3.63) is 35.1 Å². The summed E-state index contributed by atoms with van der Waals surface area (Å²) >= 11 is 0. The van der Waals surface area contributed by atoms with E-state index in [1.807, 2.05) is 12.1 Å². The Bertz CT molecular complexity index is 344. The van der Waals surface area contributed by atoms with Crippen molar-refractivity contribution in [1.29, 1.82) is 0 Å². The zero-order valence-corrected chi connectivity index (χ0v) is 9.17. The largest absolute Gasteiger partial charge is 0.324 e. The van der Waals surface area contributed by atoms with Crippen molar-refractivity contribution in [2.24, 2.45) is 11.7 Å². The summed E-state index contributed by atoms with van der Waals surface area (Å²) in [4.78, 5) is 0. The van der Waals surface area contributed by atoms with Gasteiger partial charge in [-0.1, -0.05) is 25.0 Å². The van der Waals surface area contributed by atoms with E-state index in [0.717, 1.165) is 17.9 Å². The fourth-order valence-corrected chi connectivity index (χ4v) is 1.83. The van der Waals surface area contributed by atoms with Crippen molar-refractivity contribution in [1.82, 2.24) is 0 Å². The standard InChI is InChI=1S/C13H18FN/c1-9-2-6-11(8-12(9)14)13(15)7-5-10-3-4-10/h2,6,8,10,13H,3-5,7,15H2,1H3/t13-/m0/s1. The molecule has 0 radical (unpaired) electrons. The maximum Gasteiger partial charge on any atom is 0.126 e. The van der Waals surface area contributed by atoms with Crippen LogP contribution in [0.15, 0.2) is 18.2 Å². The Balaban J connectivity index is 1.97. The molecule has 0 aliphatic heterocycles. The number of halogens is 1. The van der Waals surface area contributed by atoms with Crippen molar-refractivity contribution in [2.45, 2.75) is 38.6 Å². The first-order chi connectivity index (χ1) is 7.16. The minimum absolute atomic E-state index is 0.000648. The molecule has 0 heterocycles. The van der Waals surface area contributed by atoms with Crippen LogP contribution in [0.4, 0.5) is 4.39 Å². The average molecular weight is 207 g/mol. The lowest BCUT2D eigenvalue weighted by atomic mass is 10.00. The quantitative estimate of drug-likeness (QED) is 0.805. The van der Waals surface area contributed by atoms with E-state index < -0.39 is 0 Å². The van der Waals surface area contributed by atoms with E-state index in [2.05, 4.69) is 0 Å². The van der Waals surface area contributed by atoms with Crippen molar-refractivity contribution in [2.75, 3.05) is 0 Å². The highest BCUT2D eigenvalue weighted by Gasteiger charge is 2.22. The van der Waals surface area contributed by atoms with E-state index in [9.17, 15) is 4.39 Å².